The van der Waals surface area contributed by atoms with Gasteiger partial charge in [-0.3, -0.25) is 4.90 Å². The van der Waals surface area contributed by atoms with E-state index < -0.39 is 10.2 Å². The van der Waals surface area contributed by atoms with Crippen molar-refractivity contribution < 1.29 is 8.42 Å². The summed E-state index contributed by atoms with van der Waals surface area (Å²) >= 11 is 0. The summed E-state index contributed by atoms with van der Waals surface area (Å²) < 4.78 is 29.0. The van der Waals surface area contributed by atoms with E-state index in [9.17, 15) is 8.42 Å². The third-order valence-electron chi connectivity index (χ3n) is 5.60. The number of nitrogens with one attached hydrogen (secondary N) is 1. The molecule has 0 aromatic rings. The van der Waals surface area contributed by atoms with E-state index in [2.05, 4.69) is 10.2 Å². The summed E-state index contributed by atoms with van der Waals surface area (Å²) in [6.45, 7) is 5.14. The summed E-state index contributed by atoms with van der Waals surface area (Å²) in [4.78, 5) is 2.45. The van der Waals surface area contributed by atoms with Gasteiger partial charge in [-0.15, -0.1) is 0 Å². The first kappa shape index (κ1) is 16.6. The standard InChI is InChI=1S/C15H30N4O2S/c1-17(14-5-3-2-4-6-14)22(20,21)19-11-9-18(10-12-19)15-7-8-16-13-15/h14-16H,2-13H2,1H3. The Morgan fingerprint density at radius 1 is 1.00 bits per heavy atom. The SMILES string of the molecule is CN(C1CCCCC1)S(=O)(=O)N1CCN(C2CCNC2)CC1. The van der Waals surface area contributed by atoms with Crippen LogP contribution < -0.4 is 5.32 Å². The minimum Gasteiger partial charge on any atom is -0.315 e. The zero-order chi connectivity index (χ0) is 15.6. The molecule has 2 aliphatic heterocycles. The fourth-order valence-electron chi connectivity index (χ4n) is 4.07. The fourth-order valence-corrected chi connectivity index (χ4v) is 5.64. The van der Waals surface area contributed by atoms with E-state index >= 15 is 0 Å². The number of hydrogen-bond acceptors (Lipinski definition) is 4. The van der Waals surface area contributed by atoms with Gasteiger partial charge in [-0.05, 0) is 25.8 Å². The van der Waals surface area contributed by atoms with Crippen LogP contribution in [0.15, 0.2) is 0 Å². The highest BCUT2D eigenvalue weighted by molar-refractivity contribution is 7.86. The second-order valence-electron chi connectivity index (χ2n) is 6.90. The van der Waals surface area contributed by atoms with Crippen molar-refractivity contribution in [3.8, 4) is 0 Å². The number of rotatable bonds is 4. The molecule has 3 aliphatic rings. The third kappa shape index (κ3) is 3.48. The Labute approximate surface area is 135 Å². The first-order valence-electron chi connectivity index (χ1n) is 8.77. The van der Waals surface area contributed by atoms with Crippen LogP contribution in [-0.4, -0.2) is 80.3 Å². The van der Waals surface area contributed by atoms with Crippen LogP contribution in [0, 0.1) is 0 Å². The quantitative estimate of drug-likeness (QED) is 0.814. The molecule has 128 valence electrons. The van der Waals surface area contributed by atoms with Gasteiger partial charge in [0.15, 0.2) is 0 Å². The summed E-state index contributed by atoms with van der Waals surface area (Å²) in [6, 6.07) is 0.803. The molecule has 0 aromatic heterocycles. The second kappa shape index (κ2) is 7.13. The molecule has 3 rings (SSSR count). The summed E-state index contributed by atoms with van der Waals surface area (Å²) in [5.74, 6) is 0. The van der Waals surface area contributed by atoms with E-state index in [-0.39, 0.29) is 6.04 Å². The van der Waals surface area contributed by atoms with Crippen molar-refractivity contribution >= 4 is 10.2 Å². The minimum absolute atomic E-state index is 0.204. The van der Waals surface area contributed by atoms with Crippen molar-refractivity contribution in [1.29, 1.82) is 0 Å². The molecule has 0 spiro atoms. The molecule has 6 nitrogen and oxygen atoms in total. The normalized spacial score (nSPS) is 30.2. The summed E-state index contributed by atoms with van der Waals surface area (Å²) in [7, 11) is -1.51. The van der Waals surface area contributed by atoms with E-state index in [1.165, 1.54) is 12.8 Å². The van der Waals surface area contributed by atoms with Crippen LogP contribution in [0.5, 0.6) is 0 Å². The Bertz CT molecular complexity index is 450. The molecule has 1 aliphatic carbocycles. The van der Waals surface area contributed by atoms with Crippen LogP contribution >= 0.6 is 0 Å². The van der Waals surface area contributed by atoms with Crippen LogP contribution in [0.3, 0.4) is 0 Å². The molecular formula is C15H30N4O2S. The maximum atomic E-state index is 12.8. The lowest BCUT2D eigenvalue weighted by Gasteiger charge is -2.40. The van der Waals surface area contributed by atoms with Gasteiger partial charge in [0.1, 0.15) is 0 Å². The molecule has 1 atom stereocenters. The molecule has 0 bridgehead atoms. The second-order valence-corrected chi connectivity index (χ2v) is 8.89. The summed E-state index contributed by atoms with van der Waals surface area (Å²) in [5, 5.41) is 3.39. The monoisotopic (exact) mass is 330 g/mol. The molecule has 22 heavy (non-hydrogen) atoms. The fraction of sp³-hybridized carbons (Fsp3) is 1.00. The van der Waals surface area contributed by atoms with Gasteiger partial charge in [-0.2, -0.15) is 17.0 Å². The topological polar surface area (TPSA) is 55.9 Å². The van der Waals surface area contributed by atoms with Crippen LogP contribution in [0.4, 0.5) is 0 Å². The Balaban J connectivity index is 1.56. The molecule has 0 radical (unpaired) electrons. The molecule has 1 saturated carbocycles. The molecule has 3 fully saturated rings. The number of hydrogen-bond donors (Lipinski definition) is 1. The highest BCUT2D eigenvalue weighted by Crippen LogP contribution is 2.25. The van der Waals surface area contributed by atoms with Crippen LogP contribution in [0.2, 0.25) is 0 Å². The van der Waals surface area contributed by atoms with Crippen molar-refractivity contribution in [2.24, 2.45) is 0 Å². The van der Waals surface area contributed by atoms with E-state index in [0.29, 0.717) is 19.1 Å². The highest BCUT2D eigenvalue weighted by Gasteiger charge is 2.36. The van der Waals surface area contributed by atoms with Gasteiger partial charge in [-0.1, -0.05) is 19.3 Å². The zero-order valence-corrected chi connectivity index (χ0v) is 14.5. The maximum absolute atomic E-state index is 12.8. The van der Waals surface area contributed by atoms with Crippen molar-refractivity contribution in [3.63, 3.8) is 0 Å². The van der Waals surface area contributed by atoms with Crippen LogP contribution in [0.1, 0.15) is 38.5 Å². The highest BCUT2D eigenvalue weighted by atomic mass is 32.2. The first-order valence-corrected chi connectivity index (χ1v) is 10.2. The third-order valence-corrected chi connectivity index (χ3v) is 7.65. The Kier molecular flexibility index (Phi) is 5.39. The molecule has 2 saturated heterocycles. The van der Waals surface area contributed by atoms with E-state index in [0.717, 1.165) is 51.9 Å². The molecule has 0 aromatic carbocycles. The Morgan fingerprint density at radius 3 is 2.27 bits per heavy atom. The van der Waals surface area contributed by atoms with Gasteiger partial charge in [0.25, 0.3) is 10.2 Å². The van der Waals surface area contributed by atoms with E-state index in [1.54, 1.807) is 15.7 Å². The van der Waals surface area contributed by atoms with Gasteiger partial charge < -0.3 is 5.32 Å². The molecule has 0 amide bonds. The zero-order valence-electron chi connectivity index (χ0n) is 13.7. The average Bonchev–Trinajstić information content (AvgIpc) is 3.09. The number of piperazine rings is 1. The van der Waals surface area contributed by atoms with Crippen molar-refractivity contribution in [2.45, 2.75) is 50.6 Å². The van der Waals surface area contributed by atoms with Crippen molar-refractivity contribution in [2.75, 3.05) is 46.3 Å². The van der Waals surface area contributed by atoms with E-state index in [4.69, 9.17) is 0 Å². The average molecular weight is 330 g/mol. The molecule has 2 heterocycles. The molecular weight excluding hydrogens is 300 g/mol. The maximum Gasteiger partial charge on any atom is 0.282 e. The lowest BCUT2D eigenvalue weighted by atomic mass is 9.96. The summed E-state index contributed by atoms with van der Waals surface area (Å²) in [6.07, 6.45) is 6.79. The largest absolute Gasteiger partial charge is 0.315 e. The lowest BCUT2D eigenvalue weighted by Crippen LogP contribution is -2.56. The Morgan fingerprint density at radius 2 is 1.68 bits per heavy atom. The predicted molar refractivity (Wildman–Crippen MR) is 88.0 cm³/mol. The van der Waals surface area contributed by atoms with Crippen molar-refractivity contribution in [1.82, 2.24) is 18.8 Å². The minimum atomic E-state index is -3.28. The first-order chi connectivity index (χ1) is 10.6. The smallest absolute Gasteiger partial charge is 0.282 e. The van der Waals surface area contributed by atoms with Crippen LogP contribution in [-0.2, 0) is 10.2 Å². The van der Waals surface area contributed by atoms with Crippen LogP contribution in [0.25, 0.3) is 0 Å². The number of nitrogens with zero attached hydrogens (tertiary/aromatic N) is 3. The van der Waals surface area contributed by atoms with Crippen molar-refractivity contribution in [3.05, 3.63) is 0 Å². The van der Waals surface area contributed by atoms with Gasteiger partial charge in [0.05, 0.1) is 0 Å². The van der Waals surface area contributed by atoms with Gasteiger partial charge in [-0.25, -0.2) is 0 Å². The molecule has 1 N–H and O–H groups in total. The predicted octanol–water partition coefficient (Wildman–Crippen LogP) is 0.475. The van der Waals surface area contributed by atoms with Gasteiger partial charge in [0.2, 0.25) is 0 Å². The Hall–Kier alpha value is -0.210. The molecule has 7 heteroatoms. The lowest BCUT2D eigenvalue weighted by molar-refractivity contribution is 0.139. The summed E-state index contributed by atoms with van der Waals surface area (Å²) in [5.41, 5.74) is 0. The molecule has 1 unspecified atom stereocenters. The van der Waals surface area contributed by atoms with E-state index in [1.807, 2.05) is 0 Å². The van der Waals surface area contributed by atoms with Gasteiger partial charge in [0, 0.05) is 51.9 Å². The van der Waals surface area contributed by atoms with Gasteiger partial charge >= 0.3 is 0 Å².